The summed E-state index contributed by atoms with van der Waals surface area (Å²) in [6.45, 7) is 0. The van der Waals surface area contributed by atoms with Crippen LogP contribution in [0.4, 0.5) is 5.69 Å². The average molecular weight is 458 g/mol. The summed E-state index contributed by atoms with van der Waals surface area (Å²) >= 11 is 0. The van der Waals surface area contributed by atoms with Gasteiger partial charge in [0.05, 0.1) is 11.7 Å². The Labute approximate surface area is 201 Å². The van der Waals surface area contributed by atoms with Crippen LogP contribution in [0.15, 0.2) is 115 Å². The number of hydrogen-bond acceptors (Lipinski definition) is 1. The van der Waals surface area contributed by atoms with E-state index in [0.717, 1.165) is 35.2 Å². The summed E-state index contributed by atoms with van der Waals surface area (Å²) in [6, 6.07) is 40.5. The number of rotatable bonds is 4. The lowest BCUT2D eigenvalue weighted by atomic mass is 9.85. The maximum absolute atomic E-state index is 12.9. The van der Waals surface area contributed by atoms with Gasteiger partial charge in [0.2, 0.25) is 0 Å². The van der Waals surface area contributed by atoms with Crippen molar-refractivity contribution in [3.05, 3.63) is 126 Å². The predicted octanol–water partition coefficient (Wildman–Crippen LogP) is 8.87. The molecule has 1 unspecified atom stereocenters. The Morgan fingerprint density at radius 1 is 0.676 bits per heavy atom. The molecule has 0 aromatic heterocycles. The summed E-state index contributed by atoms with van der Waals surface area (Å²) in [6.07, 6.45) is 1.87. The smallest absolute Gasteiger partial charge is 0.282 e. The molecule has 0 spiro atoms. The summed E-state index contributed by atoms with van der Waals surface area (Å²) < 4.78 is 15.0. The first-order valence-electron chi connectivity index (χ1n) is 11.7. The van der Waals surface area contributed by atoms with Gasteiger partial charge in [0.25, 0.3) is 8.61 Å². The minimum Gasteiger partial charge on any atom is -0.283 e. The molecule has 0 saturated heterocycles. The van der Waals surface area contributed by atoms with Crippen molar-refractivity contribution in [3.63, 3.8) is 0 Å². The molecule has 2 nitrogen and oxygen atoms in total. The molecular weight excluding hydrogens is 433 g/mol. The molecule has 1 aliphatic heterocycles. The van der Waals surface area contributed by atoms with Crippen LogP contribution in [0, 0.1) is 0 Å². The molecule has 34 heavy (non-hydrogen) atoms. The Balaban J connectivity index is 1.60. The van der Waals surface area contributed by atoms with Crippen LogP contribution < -0.4 is 4.67 Å². The van der Waals surface area contributed by atoms with Crippen molar-refractivity contribution in [2.75, 3.05) is 4.67 Å². The third-order valence-electron chi connectivity index (χ3n) is 6.89. The highest BCUT2D eigenvalue weighted by Gasteiger charge is 2.32. The zero-order chi connectivity index (χ0) is 22.9. The molecule has 1 heterocycles. The topological polar surface area (TPSA) is 20.3 Å². The molecule has 0 aliphatic carbocycles. The van der Waals surface area contributed by atoms with Gasteiger partial charge in [-0.05, 0) is 51.4 Å². The normalized spacial score (nSPS) is 15.4. The highest BCUT2D eigenvalue weighted by Crippen LogP contribution is 2.51. The summed E-state index contributed by atoms with van der Waals surface area (Å²) in [4.78, 5) is 0. The van der Waals surface area contributed by atoms with E-state index in [2.05, 4.69) is 108 Å². The van der Waals surface area contributed by atoms with Gasteiger partial charge in [-0.25, -0.2) is 4.57 Å². The molecule has 0 radical (unpaired) electrons. The predicted molar refractivity (Wildman–Crippen MR) is 142 cm³/mol. The monoisotopic (exact) mass is 457 g/mol. The molecule has 164 valence electrons. The lowest BCUT2D eigenvalue weighted by molar-refractivity contribution is 0.575. The van der Waals surface area contributed by atoms with E-state index in [1.54, 1.807) is 0 Å². The largest absolute Gasteiger partial charge is 0.283 e. The molecule has 0 N–H and O–H groups in total. The third-order valence-corrected chi connectivity index (χ3v) is 7.55. The number of fused-ring (bicyclic) bond motifs is 2. The fourth-order valence-electron chi connectivity index (χ4n) is 5.35. The molecule has 5 aromatic rings. The molecule has 0 bridgehead atoms. The highest BCUT2D eigenvalue weighted by molar-refractivity contribution is 7.26. The van der Waals surface area contributed by atoms with Crippen molar-refractivity contribution in [1.82, 2.24) is 0 Å². The van der Waals surface area contributed by atoms with Gasteiger partial charge in [0.1, 0.15) is 0 Å². The van der Waals surface area contributed by atoms with Crippen LogP contribution in [0.5, 0.6) is 0 Å². The van der Waals surface area contributed by atoms with Crippen molar-refractivity contribution in [2.24, 2.45) is 0 Å². The lowest BCUT2D eigenvalue weighted by Crippen LogP contribution is -2.26. The second kappa shape index (κ2) is 8.89. The Kier molecular flexibility index (Phi) is 5.45. The molecule has 5 aromatic carbocycles. The Morgan fingerprint density at radius 3 is 2.12 bits per heavy atom. The zero-order valence-corrected chi connectivity index (χ0v) is 19.7. The standard InChI is InChI=1S/C31H24NOP/c33-34-32-29(28-17-9-15-22-12-7-8-16-26(22)28)21-19-25-18-20-27(23-10-3-1-4-11-23)30(31(25)32)24-13-5-2-6-14-24/h1-18,20,29H,19,21H2. The van der Waals surface area contributed by atoms with Gasteiger partial charge in [0.15, 0.2) is 0 Å². The van der Waals surface area contributed by atoms with E-state index >= 15 is 0 Å². The summed E-state index contributed by atoms with van der Waals surface area (Å²) in [5.41, 5.74) is 8.18. The first-order chi connectivity index (χ1) is 16.8. The van der Waals surface area contributed by atoms with Gasteiger partial charge in [-0.15, -0.1) is 0 Å². The van der Waals surface area contributed by atoms with Crippen molar-refractivity contribution >= 4 is 25.1 Å². The molecule has 1 atom stereocenters. The quantitative estimate of drug-likeness (QED) is 0.251. The number of hydrogen-bond donors (Lipinski definition) is 0. The number of nitrogens with zero attached hydrogens (tertiary/aromatic N) is 1. The van der Waals surface area contributed by atoms with Crippen LogP contribution in [-0.4, -0.2) is 0 Å². The number of benzene rings is 5. The lowest BCUT2D eigenvalue weighted by Gasteiger charge is -2.37. The SMILES string of the molecule is O=PN1c2c(ccc(-c3ccccc3)c2-c2ccccc2)CCC1c1cccc2ccccc12. The van der Waals surface area contributed by atoms with E-state index in [1.165, 1.54) is 27.5 Å². The Hall–Kier alpha value is -3.74. The maximum Gasteiger partial charge on any atom is 0.282 e. The van der Waals surface area contributed by atoms with Gasteiger partial charge < -0.3 is 0 Å². The zero-order valence-electron chi connectivity index (χ0n) is 18.8. The maximum atomic E-state index is 12.9. The van der Waals surface area contributed by atoms with Crippen molar-refractivity contribution < 1.29 is 4.57 Å². The van der Waals surface area contributed by atoms with Crippen LogP contribution in [0.2, 0.25) is 0 Å². The Morgan fingerprint density at radius 2 is 1.35 bits per heavy atom. The molecule has 1 aliphatic rings. The van der Waals surface area contributed by atoms with E-state index in [4.69, 9.17) is 0 Å². The number of aryl methyl sites for hydroxylation is 1. The molecular formula is C31H24NOP. The Bertz CT molecular complexity index is 1470. The van der Waals surface area contributed by atoms with Crippen molar-refractivity contribution in [3.8, 4) is 22.3 Å². The van der Waals surface area contributed by atoms with Crippen molar-refractivity contribution in [2.45, 2.75) is 18.9 Å². The minimum absolute atomic E-state index is 0.0128. The first-order valence-corrected chi connectivity index (χ1v) is 12.5. The van der Waals surface area contributed by atoms with Crippen LogP contribution >= 0.6 is 8.61 Å². The second-order valence-corrected chi connectivity index (χ2v) is 9.37. The van der Waals surface area contributed by atoms with Crippen LogP contribution in [-0.2, 0) is 11.0 Å². The molecule has 6 rings (SSSR count). The average Bonchev–Trinajstić information content (AvgIpc) is 2.92. The molecule has 0 fully saturated rings. The highest BCUT2D eigenvalue weighted by atomic mass is 31.1. The molecule has 3 heteroatoms. The fourth-order valence-corrected chi connectivity index (χ4v) is 6.01. The number of anilines is 1. The van der Waals surface area contributed by atoms with Crippen LogP contribution in [0.3, 0.4) is 0 Å². The van der Waals surface area contributed by atoms with E-state index in [0.29, 0.717) is 0 Å². The fraction of sp³-hybridized carbons (Fsp3) is 0.0968. The molecule has 0 saturated carbocycles. The van der Waals surface area contributed by atoms with E-state index in [-0.39, 0.29) is 14.7 Å². The summed E-state index contributed by atoms with van der Waals surface area (Å²) in [5.74, 6) is 0. The van der Waals surface area contributed by atoms with Gasteiger partial charge in [0, 0.05) is 5.56 Å². The minimum atomic E-state index is 0.0128. The van der Waals surface area contributed by atoms with Gasteiger partial charge in [-0.1, -0.05) is 115 Å². The second-order valence-electron chi connectivity index (χ2n) is 8.78. The van der Waals surface area contributed by atoms with Crippen LogP contribution in [0.25, 0.3) is 33.0 Å². The first kappa shape index (κ1) is 20.8. The third kappa shape index (κ3) is 3.52. The van der Waals surface area contributed by atoms with Gasteiger partial charge in [-0.2, -0.15) is 0 Å². The van der Waals surface area contributed by atoms with Crippen molar-refractivity contribution in [1.29, 1.82) is 0 Å². The van der Waals surface area contributed by atoms with E-state index in [9.17, 15) is 4.57 Å². The van der Waals surface area contributed by atoms with E-state index < -0.39 is 0 Å². The van der Waals surface area contributed by atoms with Crippen LogP contribution in [0.1, 0.15) is 23.6 Å². The van der Waals surface area contributed by atoms with E-state index in [1.807, 2.05) is 12.1 Å². The van der Waals surface area contributed by atoms with Gasteiger partial charge in [-0.3, -0.25) is 4.67 Å². The summed E-state index contributed by atoms with van der Waals surface area (Å²) in [5, 5.41) is 2.45. The summed E-state index contributed by atoms with van der Waals surface area (Å²) in [7, 11) is 0.0128. The molecule has 0 amide bonds. The van der Waals surface area contributed by atoms with Gasteiger partial charge >= 0.3 is 0 Å².